The molecule has 2 aromatic heterocycles. The first-order chi connectivity index (χ1) is 8.70. The van der Waals surface area contributed by atoms with Gasteiger partial charge in [0.1, 0.15) is 12.2 Å². The van der Waals surface area contributed by atoms with Crippen molar-refractivity contribution in [3.63, 3.8) is 0 Å². The van der Waals surface area contributed by atoms with Crippen LogP contribution in [-0.2, 0) is 12.8 Å². The number of hydrazine groups is 1. The second kappa shape index (κ2) is 6.08. The third-order valence-corrected chi connectivity index (χ3v) is 3.73. The molecule has 0 spiro atoms. The molecular weight excluding hydrogens is 246 g/mol. The first-order valence-corrected chi connectivity index (χ1v) is 6.95. The molecule has 0 saturated carbocycles. The van der Waals surface area contributed by atoms with Gasteiger partial charge in [0.15, 0.2) is 0 Å². The van der Waals surface area contributed by atoms with Crippen LogP contribution in [0.2, 0.25) is 0 Å². The Balaban J connectivity index is 2.03. The smallest absolute Gasteiger partial charge is 0.138 e. The Morgan fingerprint density at radius 1 is 1.44 bits per heavy atom. The summed E-state index contributed by atoms with van der Waals surface area (Å²) >= 11 is 1.75. The summed E-state index contributed by atoms with van der Waals surface area (Å²) < 4.78 is 1.94. The number of hydrogen-bond donors (Lipinski definition) is 2. The summed E-state index contributed by atoms with van der Waals surface area (Å²) in [7, 11) is 0. The SMILES string of the molecule is CC(C)n1ncnc1CC(Cc1cccs1)NN. The van der Waals surface area contributed by atoms with Gasteiger partial charge in [0.2, 0.25) is 0 Å². The highest BCUT2D eigenvalue weighted by Gasteiger charge is 2.15. The van der Waals surface area contributed by atoms with Crippen molar-refractivity contribution in [3.8, 4) is 0 Å². The Hall–Kier alpha value is -1.24. The largest absolute Gasteiger partial charge is 0.271 e. The second-order valence-electron chi connectivity index (χ2n) is 4.57. The van der Waals surface area contributed by atoms with Gasteiger partial charge in [0.05, 0.1) is 0 Å². The highest BCUT2D eigenvalue weighted by Crippen LogP contribution is 2.14. The van der Waals surface area contributed by atoms with E-state index in [1.165, 1.54) is 4.88 Å². The van der Waals surface area contributed by atoms with Crippen LogP contribution < -0.4 is 11.3 Å². The molecule has 0 radical (unpaired) electrons. The highest BCUT2D eigenvalue weighted by atomic mass is 32.1. The molecule has 6 heteroatoms. The Morgan fingerprint density at radius 2 is 2.28 bits per heavy atom. The summed E-state index contributed by atoms with van der Waals surface area (Å²) in [5, 5.41) is 6.32. The van der Waals surface area contributed by atoms with Crippen molar-refractivity contribution < 1.29 is 0 Å². The summed E-state index contributed by atoms with van der Waals surface area (Å²) in [6.07, 6.45) is 3.31. The molecular formula is C12H19N5S. The molecule has 1 unspecified atom stereocenters. The van der Waals surface area contributed by atoms with E-state index in [0.29, 0.717) is 6.04 Å². The van der Waals surface area contributed by atoms with Crippen LogP contribution in [0, 0.1) is 0 Å². The van der Waals surface area contributed by atoms with Crippen LogP contribution in [0.25, 0.3) is 0 Å². The molecule has 0 amide bonds. The van der Waals surface area contributed by atoms with Crippen LogP contribution in [0.5, 0.6) is 0 Å². The maximum absolute atomic E-state index is 5.63. The van der Waals surface area contributed by atoms with Crippen molar-refractivity contribution in [2.45, 2.75) is 38.8 Å². The molecule has 0 saturated heterocycles. The van der Waals surface area contributed by atoms with Gasteiger partial charge in [-0.15, -0.1) is 11.3 Å². The maximum Gasteiger partial charge on any atom is 0.138 e. The van der Waals surface area contributed by atoms with Gasteiger partial charge >= 0.3 is 0 Å². The maximum atomic E-state index is 5.63. The molecule has 2 heterocycles. The lowest BCUT2D eigenvalue weighted by Gasteiger charge is -2.16. The first kappa shape index (κ1) is 13.2. The van der Waals surface area contributed by atoms with Crippen molar-refractivity contribution in [2.24, 2.45) is 5.84 Å². The number of nitrogens with one attached hydrogen (secondary N) is 1. The van der Waals surface area contributed by atoms with Gasteiger partial charge < -0.3 is 0 Å². The Bertz CT molecular complexity index is 463. The quantitative estimate of drug-likeness (QED) is 0.614. The Kier molecular flexibility index (Phi) is 4.46. The molecule has 98 valence electrons. The van der Waals surface area contributed by atoms with Gasteiger partial charge in [0.25, 0.3) is 0 Å². The van der Waals surface area contributed by atoms with Crippen molar-refractivity contribution in [3.05, 3.63) is 34.5 Å². The van der Waals surface area contributed by atoms with Crippen LogP contribution in [0.1, 0.15) is 30.6 Å². The van der Waals surface area contributed by atoms with E-state index in [2.05, 4.69) is 46.9 Å². The average molecular weight is 265 g/mol. The zero-order valence-corrected chi connectivity index (χ0v) is 11.5. The summed E-state index contributed by atoms with van der Waals surface area (Å²) in [4.78, 5) is 5.64. The van der Waals surface area contributed by atoms with Crippen LogP contribution >= 0.6 is 11.3 Å². The third-order valence-electron chi connectivity index (χ3n) is 2.83. The molecule has 0 bridgehead atoms. The van der Waals surface area contributed by atoms with E-state index < -0.39 is 0 Å². The average Bonchev–Trinajstić information content (AvgIpc) is 2.98. The van der Waals surface area contributed by atoms with Gasteiger partial charge in [-0.25, -0.2) is 9.67 Å². The minimum atomic E-state index is 0.186. The van der Waals surface area contributed by atoms with E-state index in [4.69, 9.17) is 5.84 Å². The van der Waals surface area contributed by atoms with Crippen LogP contribution in [0.3, 0.4) is 0 Å². The second-order valence-corrected chi connectivity index (χ2v) is 5.60. The minimum absolute atomic E-state index is 0.186. The third kappa shape index (κ3) is 3.16. The van der Waals surface area contributed by atoms with Crippen LogP contribution in [-0.4, -0.2) is 20.8 Å². The number of nitrogens with zero attached hydrogens (tertiary/aromatic N) is 3. The lowest BCUT2D eigenvalue weighted by Crippen LogP contribution is -2.39. The molecule has 5 nitrogen and oxygen atoms in total. The lowest BCUT2D eigenvalue weighted by molar-refractivity contribution is 0.460. The minimum Gasteiger partial charge on any atom is -0.271 e. The Labute approximate surface area is 111 Å². The molecule has 0 fully saturated rings. The number of thiophene rings is 1. The summed E-state index contributed by atoms with van der Waals surface area (Å²) in [6, 6.07) is 4.69. The van der Waals surface area contributed by atoms with E-state index in [-0.39, 0.29) is 6.04 Å². The molecule has 18 heavy (non-hydrogen) atoms. The Morgan fingerprint density at radius 3 is 2.89 bits per heavy atom. The number of nitrogens with two attached hydrogens (primary N) is 1. The van der Waals surface area contributed by atoms with E-state index in [1.807, 2.05) is 4.68 Å². The topological polar surface area (TPSA) is 68.8 Å². The van der Waals surface area contributed by atoms with Gasteiger partial charge in [-0.05, 0) is 31.7 Å². The van der Waals surface area contributed by atoms with Crippen molar-refractivity contribution in [1.29, 1.82) is 0 Å². The molecule has 0 aromatic carbocycles. The zero-order chi connectivity index (χ0) is 13.0. The predicted molar refractivity (Wildman–Crippen MR) is 73.2 cm³/mol. The predicted octanol–water partition coefficient (Wildman–Crippen LogP) is 1.54. The van der Waals surface area contributed by atoms with E-state index in [9.17, 15) is 0 Å². The lowest BCUT2D eigenvalue weighted by atomic mass is 10.1. The van der Waals surface area contributed by atoms with Crippen LogP contribution in [0.4, 0.5) is 0 Å². The van der Waals surface area contributed by atoms with Crippen molar-refractivity contribution in [2.75, 3.05) is 0 Å². The molecule has 0 aliphatic heterocycles. The monoisotopic (exact) mass is 265 g/mol. The molecule has 2 rings (SSSR count). The fraction of sp³-hybridized carbons (Fsp3) is 0.500. The molecule has 1 atom stereocenters. The van der Waals surface area contributed by atoms with Gasteiger partial charge in [-0.2, -0.15) is 5.10 Å². The van der Waals surface area contributed by atoms with Crippen molar-refractivity contribution in [1.82, 2.24) is 20.2 Å². The van der Waals surface area contributed by atoms with E-state index in [1.54, 1.807) is 17.7 Å². The normalized spacial score (nSPS) is 13.1. The van der Waals surface area contributed by atoms with Crippen LogP contribution in [0.15, 0.2) is 23.8 Å². The number of hydrogen-bond acceptors (Lipinski definition) is 5. The number of aromatic nitrogens is 3. The van der Waals surface area contributed by atoms with Gasteiger partial charge in [-0.3, -0.25) is 11.3 Å². The zero-order valence-electron chi connectivity index (χ0n) is 10.7. The van der Waals surface area contributed by atoms with Gasteiger partial charge in [-0.1, -0.05) is 6.07 Å². The fourth-order valence-electron chi connectivity index (χ4n) is 1.93. The molecule has 0 aliphatic rings. The van der Waals surface area contributed by atoms with Gasteiger partial charge in [0, 0.05) is 23.4 Å². The molecule has 0 aliphatic carbocycles. The fourth-order valence-corrected chi connectivity index (χ4v) is 2.72. The first-order valence-electron chi connectivity index (χ1n) is 6.07. The summed E-state index contributed by atoms with van der Waals surface area (Å²) in [6.45, 7) is 4.20. The summed E-state index contributed by atoms with van der Waals surface area (Å²) in [5.74, 6) is 6.61. The van der Waals surface area contributed by atoms with E-state index >= 15 is 0 Å². The molecule has 2 aromatic rings. The number of rotatable bonds is 6. The molecule has 3 N–H and O–H groups in total. The standard InChI is InChI=1S/C12H19N5S/c1-9(2)17-12(14-8-15-17)7-10(16-13)6-11-4-3-5-18-11/h3-5,8-10,16H,6-7,13H2,1-2H3. The van der Waals surface area contributed by atoms with Crippen molar-refractivity contribution >= 4 is 11.3 Å². The van der Waals surface area contributed by atoms with E-state index in [0.717, 1.165) is 18.7 Å². The summed E-state index contributed by atoms with van der Waals surface area (Å²) in [5.41, 5.74) is 2.87. The highest BCUT2D eigenvalue weighted by molar-refractivity contribution is 7.09.